The van der Waals surface area contributed by atoms with Crippen molar-refractivity contribution in [1.29, 1.82) is 0 Å². The van der Waals surface area contributed by atoms with Gasteiger partial charge in [-0.25, -0.2) is 0 Å². The summed E-state index contributed by atoms with van der Waals surface area (Å²) in [6, 6.07) is 7.86. The first-order valence-electron chi connectivity index (χ1n) is 5.87. The third kappa shape index (κ3) is 5.41. The van der Waals surface area contributed by atoms with Crippen LogP contribution in [-0.2, 0) is 14.3 Å². The minimum absolute atomic E-state index is 0.140. The van der Waals surface area contributed by atoms with E-state index in [4.69, 9.17) is 5.73 Å². The second-order valence-electron chi connectivity index (χ2n) is 3.86. The molecule has 0 bridgehead atoms. The molecule has 1 aromatic carbocycles. The van der Waals surface area contributed by atoms with E-state index in [0.717, 1.165) is 11.8 Å². The highest BCUT2D eigenvalue weighted by Crippen LogP contribution is 2.12. The van der Waals surface area contributed by atoms with Gasteiger partial charge in [0.25, 0.3) is 0 Å². The van der Waals surface area contributed by atoms with E-state index in [1.54, 1.807) is 24.3 Å². The topological polar surface area (TPSA) is 98.5 Å². The van der Waals surface area contributed by atoms with Crippen LogP contribution >= 0.6 is 11.8 Å². The van der Waals surface area contributed by atoms with Gasteiger partial charge in [-0.15, -0.1) is 0 Å². The maximum Gasteiger partial charge on any atom is 0.325 e. The number of hydrogen-bond acceptors (Lipinski definition) is 6. The second kappa shape index (κ2) is 8.34. The standard InChI is InChI=1S/C13H16N2O4S/c1-19-11(16)7-15-12(17)10(14)8-20-13(18)9-5-3-2-4-6-9/h2-6,10H,7-8,14H2,1H3,(H,15,17)/t10-/m1/s1. The highest BCUT2D eigenvalue weighted by molar-refractivity contribution is 8.14. The lowest BCUT2D eigenvalue weighted by molar-refractivity contribution is -0.141. The monoisotopic (exact) mass is 296 g/mol. The molecule has 1 aromatic rings. The zero-order valence-corrected chi connectivity index (χ0v) is 11.8. The van der Waals surface area contributed by atoms with Gasteiger partial charge >= 0.3 is 5.97 Å². The summed E-state index contributed by atoms with van der Waals surface area (Å²) in [4.78, 5) is 34.2. The van der Waals surface area contributed by atoms with Crippen LogP contribution in [0.15, 0.2) is 30.3 Å². The lowest BCUT2D eigenvalue weighted by Crippen LogP contribution is -2.44. The normalized spacial score (nSPS) is 11.5. The first kappa shape index (κ1) is 16.2. The third-order valence-electron chi connectivity index (χ3n) is 2.37. The van der Waals surface area contributed by atoms with Gasteiger partial charge in [-0.1, -0.05) is 42.1 Å². The summed E-state index contributed by atoms with van der Waals surface area (Å²) in [6.07, 6.45) is 0. The van der Waals surface area contributed by atoms with Gasteiger partial charge < -0.3 is 15.8 Å². The predicted molar refractivity (Wildman–Crippen MR) is 76.2 cm³/mol. The first-order chi connectivity index (χ1) is 9.54. The quantitative estimate of drug-likeness (QED) is 0.726. The van der Waals surface area contributed by atoms with Crippen LogP contribution < -0.4 is 11.1 Å². The van der Waals surface area contributed by atoms with Crippen LogP contribution in [0.5, 0.6) is 0 Å². The zero-order valence-electron chi connectivity index (χ0n) is 11.0. The van der Waals surface area contributed by atoms with E-state index in [2.05, 4.69) is 10.1 Å². The van der Waals surface area contributed by atoms with Gasteiger partial charge in [0.2, 0.25) is 11.0 Å². The molecule has 0 heterocycles. The molecule has 0 radical (unpaired) electrons. The maximum absolute atomic E-state index is 11.8. The van der Waals surface area contributed by atoms with Gasteiger partial charge in [0, 0.05) is 11.3 Å². The number of nitrogens with two attached hydrogens (primary N) is 1. The number of esters is 1. The van der Waals surface area contributed by atoms with Gasteiger partial charge in [0.05, 0.1) is 13.2 Å². The molecule has 6 nitrogen and oxygen atoms in total. The number of nitrogens with one attached hydrogen (secondary N) is 1. The lowest BCUT2D eigenvalue weighted by Gasteiger charge is -2.10. The summed E-state index contributed by atoms with van der Waals surface area (Å²) in [6.45, 7) is -0.236. The number of hydrogen-bond donors (Lipinski definition) is 2. The molecule has 3 N–H and O–H groups in total. The summed E-state index contributed by atoms with van der Waals surface area (Å²) in [5.74, 6) is -0.914. The van der Waals surface area contributed by atoms with Crippen LogP contribution in [0.2, 0.25) is 0 Å². The Morgan fingerprint density at radius 2 is 1.95 bits per heavy atom. The first-order valence-corrected chi connectivity index (χ1v) is 6.85. The van der Waals surface area contributed by atoms with E-state index in [1.165, 1.54) is 7.11 Å². The second-order valence-corrected chi connectivity index (χ2v) is 4.86. The van der Waals surface area contributed by atoms with E-state index in [0.29, 0.717) is 5.56 Å². The number of carbonyl (C=O) groups is 3. The van der Waals surface area contributed by atoms with Gasteiger partial charge in [0.1, 0.15) is 6.54 Å². The Hall–Kier alpha value is -1.86. The van der Waals surface area contributed by atoms with Crippen molar-refractivity contribution in [2.75, 3.05) is 19.4 Å². The fourth-order valence-electron chi connectivity index (χ4n) is 1.26. The Balaban J connectivity index is 2.35. The van der Waals surface area contributed by atoms with Crippen LogP contribution in [0, 0.1) is 0 Å². The fraction of sp³-hybridized carbons (Fsp3) is 0.308. The molecule has 0 saturated carbocycles. The summed E-state index contributed by atoms with van der Waals surface area (Å²) < 4.78 is 4.38. The van der Waals surface area contributed by atoms with Crippen LogP contribution in [0.4, 0.5) is 0 Å². The van der Waals surface area contributed by atoms with Crippen LogP contribution in [-0.4, -0.2) is 42.4 Å². The third-order valence-corrected chi connectivity index (χ3v) is 3.40. The molecule has 0 saturated heterocycles. The predicted octanol–water partition coefficient (Wildman–Crippen LogP) is 0.177. The summed E-state index contributed by atoms with van der Waals surface area (Å²) in [5, 5.41) is 2.18. The molecule has 0 unspecified atom stereocenters. The Morgan fingerprint density at radius 3 is 2.55 bits per heavy atom. The Kier molecular flexibility index (Phi) is 6.75. The Labute approximate surface area is 121 Å². The highest BCUT2D eigenvalue weighted by atomic mass is 32.2. The Bertz CT molecular complexity index is 479. The SMILES string of the molecule is COC(=O)CNC(=O)[C@H](N)CSC(=O)c1ccccc1. The van der Waals surface area contributed by atoms with Crippen molar-refractivity contribution in [1.82, 2.24) is 5.32 Å². The van der Waals surface area contributed by atoms with Crippen molar-refractivity contribution in [3.63, 3.8) is 0 Å². The largest absolute Gasteiger partial charge is 0.468 e. The van der Waals surface area contributed by atoms with Gasteiger partial charge in [0.15, 0.2) is 0 Å². The highest BCUT2D eigenvalue weighted by Gasteiger charge is 2.17. The van der Waals surface area contributed by atoms with Gasteiger partial charge in [-0.2, -0.15) is 0 Å². The number of ether oxygens (including phenoxy) is 1. The molecule has 0 aliphatic heterocycles. The minimum Gasteiger partial charge on any atom is -0.468 e. The van der Waals surface area contributed by atoms with Crippen molar-refractivity contribution >= 4 is 28.8 Å². The van der Waals surface area contributed by atoms with E-state index in [1.807, 2.05) is 6.07 Å². The number of rotatable bonds is 6. The van der Waals surface area contributed by atoms with Crippen LogP contribution in [0.1, 0.15) is 10.4 Å². The fourth-order valence-corrected chi connectivity index (χ4v) is 2.05. The molecule has 1 atom stereocenters. The molecule has 1 amide bonds. The van der Waals surface area contributed by atoms with Crippen molar-refractivity contribution in [2.24, 2.45) is 5.73 Å². The molecular weight excluding hydrogens is 280 g/mol. The molecule has 0 aliphatic carbocycles. The number of benzene rings is 1. The number of thioether (sulfide) groups is 1. The average Bonchev–Trinajstić information content (AvgIpc) is 2.50. The molecular formula is C13H16N2O4S. The van der Waals surface area contributed by atoms with Crippen molar-refractivity contribution in [3.8, 4) is 0 Å². The molecule has 0 spiro atoms. The van der Waals surface area contributed by atoms with Crippen LogP contribution in [0.25, 0.3) is 0 Å². The molecule has 0 aliphatic rings. The van der Waals surface area contributed by atoms with E-state index < -0.39 is 17.9 Å². The molecule has 20 heavy (non-hydrogen) atoms. The number of carbonyl (C=O) groups excluding carboxylic acids is 3. The molecule has 0 aromatic heterocycles. The Morgan fingerprint density at radius 1 is 1.30 bits per heavy atom. The average molecular weight is 296 g/mol. The van der Waals surface area contributed by atoms with Crippen molar-refractivity contribution in [3.05, 3.63) is 35.9 Å². The maximum atomic E-state index is 11.8. The van der Waals surface area contributed by atoms with Crippen LogP contribution in [0.3, 0.4) is 0 Å². The molecule has 108 valence electrons. The molecule has 7 heteroatoms. The van der Waals surface area contributed by atoms with Gasteiger partial charge in [-0.3, -0.25) is 14.4 Å². The number of methoxy groups -OCH3 is 1. The van der Waals surface area contributed by atoms with E-state index in [-0.39, 0.29) is 17.4 Å². The summed E-state index contributed by atoms with van der Waals surface area (Å²) >= 11 is 0.965. The summed E-state index contributed by atoms with van der Waals surface area (Å²) in [5.41, 5.74) is 6.19. The zero-order chi connectivity index (χ0) is 15.0. The molecule has 0 fully saturated rings. The van der Waals surface area contributed by atoms with E-state index >= 15 is 0 Å². The van der Waals surface area contributed by atoms with Crippen molar-refractivity contribution < 1.29 is 19.1 Å². The summed E-state index contributed by atoms with van der Waals surface area (Å²) in [7, 11) is 1.22. The molecule has 1 rings (SSSR count). The number of amides is 1. The lowest BCUT2D eigenvalue weighted by atomic mass is 10.2. The van der Waals surface area contributed by atoms with Gasteiger partial charge in [-0.05, 0) is 0 Å². The van der Waals surface area contributed by atoms with E-state index in [9.17, 15) is 14.4 Å². The van der Waals surface area contributed by atoms with Crippen molar-refractivity contribution in [2.45, 2.75) is 6.04 Å². The smallest absolute Gasteiger partial charge is 0.325 e. The minimum atomic E-state index is -0.864.